The van der Waals surface area contributed by atoms with Gasteiger partial charge >= 0.3 is 0 Å². The molecule has 0 aliphatic rings. The van der Waals surface area contributed by atoms with Gasteiger partial charge in [0, 0.05) is 33.5 Å². The molecular formula is C62H70N2. The Morgan fingerprint density at radius 3 is 0.844 bits per heavy atom. The molecule has 2 heteroatoms. The number of fused-ring (bicyclic) bond motifs is 5. The summed E-state index contributed by atoms with van der Waals surface area (Å²) in [5.74, 6) is 0. The Morgan fingerprint density at radius 2 is 0.547 bits per heavy atom. The Labute approximate surface area is 385 Å². The van der Waals surface area contributed by atoms with Gasteiger partial charge in [0.25, 0.3) is 0 Å². The van der Waals surface area contributed by atoms with Crippen LogP contribution in [0.2, 0.25) is 0 Å². The highest BCUT2D eigenvalue weighted by molar-refractivity contribution is 6.24. The molecule has 0 N–H and O–H groups in total. The molecule has 0 bridgehead atoms. The van der Waals surface area contributed by atoms with Crippen LogP contribution in [0.15, 0.2) is 121 Å². The van der Waals surface area contributed by atoms with Gasteiger partial charge in [0.1, 0.15) is 0 Å². The van der Waals surface area contributed by atoms with Crippen molar-refractivity contribution in [2.75, 3.05) is 9.80 Å². The normalized spacial score (nSPS) is 11.6. The first-order chi connectivity index (χ1) is 31.3. The number of rotatable bonds is 16. The SMILES string of the molecule is CCc1ccc(N(c2cc(CC)c(CC)c(CC)c2)c2cc3c4ccccc4c(N(c4ccc(CC)c(CC)c4)c4cc(CC)c(CC)c(CC)c4)cc3c3ccccc23)cc1CC. The third-order valence-corrected chi connectivity index (χ3v) is 14.3. The second-order valence-electron chi connectivity index (χ2n) is 17.6. The lowest BCUT2D eigenvalue weighted by Crippen LogP contribution is -2.14. The minimum atomic E-state index is 1.00. The highest BCUT2D eigenvalue weighted by Crippen LogP contribution is 2.49. The lowest BCUT2D eigenvalue weighted by atomic mass is 9.91. The van der Waals surface area contributed by atoms with Crippen LogP contribution in [0.4, 0.5) is 34.1 Å². The maximum Gasteiger partial charge on any atom is 0.0546 e. The zero-order valence-corrected chi connectivity index (χ0v) is 40.5. The van der Waals surface area contributed by atoms with E-state index in [1.807, 2.05) is 0 Å². The zero-order valence-electron chi connectivity index (χ0n) is 40.5. The van der Waals surface area contributed by atoms with Crippen molar-refractivity contribution < 1.29 is 0 Å². The van der Waals surface area contributed by atoms with E-state index in [1.54, 1.807) is 0 Å². The van der Waals surface area contributed by atoms with Crippen LogP contribution in [0, 0.1) is 0 Å². The fraction of sp³-hybridized carbons (Fsp3) is 0.323. The van der Waals surface area contributed by atoms with E-state index in [0.717, 1.165) is 64.2 Å². The first kappa shape index (κ1) is 44.7. The van der Waals surface area contributed by atoms with Gasteiger partial charge in [-0.05, 0) is 202 Å². The third-order valence-electron chi connectivity index (χ3n) is 14.3. The van der Waals surface area contributed by atoms with E-state index >= 15 is 0 Å². The van der Waals surface area contributed by atoms with Gasteiger partial charge in [-0.2, -0.15) is 0 Å². The Hall–Kier alpha value is -5.86. The molecule has 0 aliphatic carbocycles. The second-order valence-corrected chi connectivity index (χ2v) is 17.6. The van der Waals surface area contributed by atoms with Gasteiger partial charge in [-0.15, -0.1) is 0 Å². The minimum absolute atomic E-state index is 1.00. The molecular weight excluding hydrogens is 773 g/mol. The van der Waals surface area contributed by atoms with E-state index in [9.17, 15) is 0 Å². The van der Waals surface area contributed by atoms with Crippen LogP contribution >= 0.6 is 0 Å². The monoisotopic (exact) mass is 843 g/mol. The first-order valence-corrected chi connectivity index (χ1v) is 24.8. The lowest BCUT2D eigenvalue weighted by Gasteiger charge is -2.32. The Morgan fingerprint density at radius 1 is 0.250 bits per heavy atom. The number of nitrogens with zero attached hydrogens (tertiary/aromatic N) is 2. The van der Waals surface area contributed by atoms with Gasteiger partial charge < -0.3 is 9.80 Å². The van der Waals surface area contributed by atoms with Crippen molar-refractivity contribution in [3.63, 3.8) is 0 Å². The summed E-state index contributed by atoms with van der Waals surface area (Å²) < 4.78 is 0. The van der Waals surface area contributed by atoms with Crippen molar-refractivity contribution in [1.29, 1.82) is 0 Å². The van der Waals surface area contributed by atoms with E-state index in [0.29, 0.717) is 0 Å². The lowest BCUT2D eigenvalue weighted by molar-refractivity contribution is 0.978. The fourth-order valence-electron chi connectivity index (χ4n) is 11.0. The zero-order chi connectivity index (χ0) is 45.1. The van der Waals surface area contributed by atoms with Gasteiger partial charge in [-0.1, -0.05) is 130 Å². The van der Waals surface area contributed by atoms with E-state index < -0.39 is 0 Å². The van der Waals surface area contributed by atoms with E-state index in [1.165, 1.54) is 122 Å². The van der Waals surface area contributed by atoms with Crippen molar-refractivity contribution in [3.8, 4) is 0 Å². The Bertz CT molecular complexity index is 2710. The average molecular weight is 843 g/mol. The molecule has 328 valence electrons. The van der Waals surface area contributed by atoms with Crippen molar-refractivity contribution >= 4 is 66.4 Å². The van der Waals surface area contributed by atoms with Crippen LogP contribution in [0.5, 0.6) is 0 Å². The molecule has 0 fully saturated rings. The summed E-state index contributed by atoms with van der Waals surface area (Å²) in [7, 11) is 0. The van der Waals surface area contributed by atoms with Gasteiger partial charge in [-0.3, -0.25) is 0 Å². The van der Waals surface area contributed by atoms with E-state index in [-0.39, 0.29) is 0 Å². The highest BCUT2D eigenvalue weighted by Gasteiger charge is 2.25. The van der Waals surface area contributed by atoms with Crippen molar-refractivity contribution in [2.45, 2.75) is 133 Å². The van der Waals surface area contributed by atoms with E-state index in [4.69, 9.17) is 0 Å². The third kappa shape index (κ3) is 7.99. The summed E-state index contributed by atoms with van der Waals surface area (Å²) in [6.07, 6.45) is 10.2. The second kappa shape index (κ2) is 19.5. The molecule has 8 aromatic rings. The molecule has 0 aliphatic heterocycles. The molecule has 0 spiro atoms. The predicted molar refractivity (Wildman–Crippen MR) is 282 cm³/mol. The molecule has 0 amide bonds. The van der Waals surface area contributed by atoms with Crippen LogP contribution in [0.3, 0.4) is 0 Å². The van der Waals surface area contributed by atoms with Crippen molar-refractivity contribution in [2.24, 2.45) is 0 Å². The molecule has 0 atom stereocenters. The van der Waals surface area contributed by atoms with Crippen LogP contribution in [0.1, 0.15) is 125 Å². The number of benzene rings is 8. The van der Waals surface area contributed by atoms with Crippen molar-refractivity contribution in [1.82, 2.24) is 0 Å². The molecule has 8 rings (SSSR count). The maximum atomic E-state index is 2.59. The summed E-state index contributed by atoms with van der Waals surface area (Å²) in [4.78, 5) is 5.17. The summed E-state index contributed by atoms with van der Waals surface area (Å²) >= 11 is 0. The van der Waals surface area contributed by atoms with Gasteiger partial charge in [0.05, 0.1) is 11.4 Å². The number of aryl methyl sites for hydroxylation is 8. The van der Waals surface area contributed by atoms with Gasteiger partial charge in [0.2, 0.25) is 0 Å². The fourth-order valence-corrected chi connectivity index (χ4v) is 11.0. The highest BCUT2D eigenvalue weighted by atomic mass is 15.2. The summed E-state index contributed by atoms with van der Waals surface area (Å²) in [6.45, 7) is 23.1. The molecule has 8 aromatic carbocycles. The minimum Gasteiger partial charge on any atom is -0.310 e. The average Bonchev–Trinajstić information content (AvgIpc) is 3.35. The molecule has 0 saturated heterocycles. The molecule has 0 aromatic heterocycles. The summed E-state index contributed by atoms with van der Waals surface area (Å²) in [5, 5.41) is 7.59. The molecule has 0 radical (unpaired) electrons. The van der Waals surface area contributed by atoms with Gasteiger partial charge in [-0.25, -0.2) is 0 Å². The van der Waals surface area contributed by atoms with Crippen molar-refractivity contribution in [3.05, 3.63) is 177 Å². The standard InChI is InChI=1S/C62H70N2/c1-11-41-29-31-49(33-43(41)13-3)63(51-35-45(15-5)53(19-9)46(16-6)36-51)61-39-59-56-26-22-24-28-58(56)62(40-60(59)55-25-21-23-27-57(55)61)64(50-32-30-42(12-2)44(14-4)34-50)52-37-47(17-7)54(20-10)48(18-8)38-52/h21-40H,11-20H2,1-10H3. The largest absolute Gasteiger partial charge is 0.310 e. The quantitative estimate of drug-likeness (QED) is 0.0894. The van der Waals surface area contributed by atoms with Crippen LogP contribution in [-0.2, 0) is 64.2 Å². The van der Waals surface area contributed by atoms with Crippen LogP contribution < -0.4 is 9.80 Å². The molecule has 0 saturated carbocycles. The summed E-state index contributed by atoms with van der Waals surface area (Å²) in [6, 6.07) is 47.8. The molecule has 0 unspecified atom stereocenters. The van der Waals surface area contributed by atoms with Crippen LogP contribution in [0.25, 0.3) is 32.3 Å². The molecule has 64 heavy (non-hydrogen) atoms. The van der Waals surface area contributed by atoms with Crippen LogP contribution in [-0.4, -0.2) is 0 Å². The van der Waals surface area contributed by atoms with E-state index in [2.05, 4.69) is 200 Å². The Balaban J connectivity index is 1.49. The number of hydrogen-bond acceptors (Lipinski definition) is 2. The Kier molecular flexibility index (Phi) is 13.6. The number of hydrogen-bond donors (Lipinski definition) is 0. The number of anilines is 6. The molecule has 0 heterocycles. The predicted octanol–water partition coefficient (Wildman–Crippen LogP) is 17.7. The topological polar surface area (TPSA) is 6.48 Å². The summed E-state index contributed by atoms with van der Waals surface area (Å²) in [5.41, 5.74) is 21.9. The van der Waals surface area contributed by atoms with Gasteiger partial charge in [0.15, 0.2) is 0 Å². The first-order valence-electron chi connectivity index (χ1n) is 24.8. The maximum absolute atomic E-state index is 2.59. The smallest absolute Gasteiger partial charge is 0.0546 e. The molecule has 2 nitrogen and oxygen atoms in total.